The number of carboxylic acids is 2. The lowest BCUT2D eigenvalue weighted by atomic mass is 9.85. The SMILES string of the molecule is O=C(O)CC(C(=O)O)[C@H]1CO[C@H]2[C@@H]1OC[C@H]2O[N+](=O)[O-]. The Morgan fingerprint density at radius 3 is 2.50 bits per heavy atom. The van der Waals surface area contributed by atoms with Crippen molar-refractivity contribution in [3.8, 4) is 0 Å². The first-order chi connectivity index (χ1) is 9.40. The predicted molar refractivity (Wildman–Crippen MR) is 58.2 cm³/mol. The van der Waals surface area contributed by atoms with E-state index in [1.54, 1.807) is 0 Å². The van der Waals surface area contributed by atoms with E-state index >= 15 is 0 Å². The summed E-state index contributed by atoms with van der Waals surface area (Å²) in [7, 11) is 0. The van der Waals surface area contributed by atoms with Crippen LogP contribution in [0.4, 0.5) is 0 Å². The van der Waals surface area contributed by atoms with Gasteiger partial charge in [0.1, 0.15) is 6.10 Å². The summed E-state index contributed by atoms with van der Waals surface area (Å²) in [4.78, 5) is 36.6. The second-order valence-corrected chi connectivity index (χ2v) is 4.67. The van der Waals surface area contributed by atoms with Crippen LogP contribution in [0.3, 0.4) is 0 Å². The number of carbonyl (C=O) groups is 2. The smallest absolute Gasteiger partial charge is 0.307 e. The molecule has 2 aliphatic rings. The molecule has 0 radical (unpaired) electrons. The van der Waals surface area contributed by atoms with Crippen molar-refractivity contribution in [2.75, 3.05) is 13.2 Å². The van der Waals surface area contributed by atoms with E-state index in [1.165, 1.54) is 0 Å². The van der Waals surface area contributed by atoms with Crippen LogP contribution in [0.25, 0.3) is 0 Å². The number of hydrogen-bond donors (Lipinski definition) is 2. The van der Waals surface area contributed by atoms with E-state index in [1.807, 2.05) is 0 Å². The van der Waals surface area contributed by atoms with Crippen LogP contribution in [0.5, 0.6) is 0 Å². The lowest BCUT2D eigenvalue weighted by molar-refractivity contribution is -0.769. The van der Waals surface area contributed by atoms with Crippen LogP contribution in [0.1, 0.15) is 6.42 Å². The number of ether oxygens (including phenoxy) is 2. The van der Waals surface area contributed by atoms with Crippen molar-refractivity contribution in [2.24, 2.45) is 11.8 Å². The van der Waals surface area contributed by atoms with E-state index in [0.29, 0.717) is 0 Å². The molecule has 5 atom stereocenters. The maximum absolute atomic E-state index is 11.2. The van der Waals surface area contributed by atoms with Gasteiger partial charge in [-0.2, -0.15) is 0 Å². The molecule has 0 saturated carbocycles. The summed E-state index contributed by atoms with van der Waals surface area (Å²) in [5, 5.41) is 27.2. The quantitative estimate of drug-likeness (QED) is 0.472. The van der Waals surface area contributed by atoms with Gasteiger partial charge in [-0.3, -0.25) is 9.59 Å². The lowest BCUT2D eigenvalue weighted by Gasteiger charge is -2.21. The van der Waals surface area contributed by atoms with Crippen molar-refractivity contribution in [3.63, 3.8) is 0 Å². The Morgan fingerprint density at radius 1 is 1.30 bits per heavy atom. The Morgan fingerprint density at radius 2 is 1.95 bits per heavy atom. The molecule has 0 aliphatic carbocycles. The normalized spacial score (nSPS) is 33.4. The molecule has 2 aliphatic heterocycles. The highest BCUT2D eigenvalue weighted by molar-refractivity contribution is 5.78. The molecule has 2 saturated heterocycles. The van der Waals surface area contributed by atoms with Gasteiger partial charge in [-0.1, -0.05) is 0 Å². The third-order valence-corrected chi connectivity index (χ3v) is 3.50. The van der Waals surface area contributed by atoms with Gasteiger partial charge in [0.15, 0.2) is 6.10 Å². The summed E-state index contributed by atoms with van der Waals surface area (Å²) in [5.74, 6) is -4.34. The first-order valence-electron chi connectivity index (χ1n) is 5.89. The molecule has 1 unspecified atom stereocenters. The van der Waals surface area contributed by atoms with Gasteiger partial charge in [0.25, 0.3) is 5.09 Å². The number of rotatable bonds is 6. The fraction of sp³-hybridized carbons (Fsp3) is 0.800. The number of aliphatic carboxylic acids is 2. The lowest BCUT2D eigenvalue weighted by Crippen LogP contribution is -2.37. The van der Waals surface area contributed by atoms with Crippen molar-refractivity contribution in [1.29, 1.82) is 0 Å². The highest BCUT2D eigenvalue weighted by Gasteiger charge is 2.53. The zero-order valence-corrected chi connectivity index (χ0v) is 10.2. The molecular weight excluding hydrogens is 278 g/mol. The van der Waals surface area contributed by atoms with Gasteiger partial charge >= 0.3 is 11.9 Å². The molecule has 0 aromatic carbocycles. The van der Waals surface area contributed by atoms with Crippen LogP contribution >= 0.6 is 0 Å². The van der Waals surface area contributed by atoms with Crippen LogP contribution in [0.15, 0.2) is 0 Å². The largest absolute Gasteiger partial charge is 0.481 e. The molecule has 2 heterocycles. The van der Waals surface area contributed by atoms with E-state index < -0.39 is 53.6 Å². The van der Waals surface area contributed by atoms with Crippen LogP contribution in [0, 0.1) is 22.0 Å². The van der Waals surface area contributed by atoms with Gasteiger partial charge < -0.3 is 24.5 Å². The Hall–Kier alpha value is -1.94. The maximum Gasteiger partial charge on any atom is 0.307 e. The monoisotopic (exact) mass is 291 g/mol. The second kappa shape index (κ2) is 5.59. The molecular formula is C10H13NO9. The zero-order chi connectivity index (χ0) is 14.9. The minimum atomic E-state index is -1.26. The van der Waals surface area contributed by atoms with Crippen molar-refractivity contribution in [3.05, 3.63) is 10.1 Å². The first-order valence-corrected chi connectivity index (χ1v) is 5.89. The molecule has 0 bridgehead atoms. The van der Waals surface area contributed by atoms with Gasteiger partial charge in [0.05, 0.1) is 31.7 Å². The molecule has 10 heteroatoms. The number of carboxylic acid groups (broad SMARTS) is 2. The highest BCUT2D eigenvalue weighted by Crippen LogP contribution is 2.37. The van der Waals surface area contributed by atoms with Gasteiger partial charge in [-0.05, 0) is 0 Å². The minimum absolute atomic E-state index is 0.0306. The molecule has 0 spiro atoms. The van der Waals surface area contributed by atoms with Gasteiger partial charge in [0.2, 0.25) is 0 Å². The molecule has 2 rings (SSSR count). The molecule has 0 aromatic heterocycles. The average molecular weight is 291 g/mol. The van der Waals surface area contributed by atoms with Crippen molar-refractivity contribution in [1.82, 2.24) is 0 Å². The summed E-state index contributed by atoms with van der Waals surface area (Å²) in [5.41, 5.74) is 0. The molecule has 10 nitrogen and oxygen atoms in total. The Balaban J connectivity index is 2.07. The number of fused-ring (bicyclic) bond motifs is 1. The van der Waals surface area contributed by atoms with E-state index in [0.717, 1.165) is 0 Å². The van der Waals surface area contributed by atoms with Crippen molar-refractivity contribution >= 4 is 11.9 Å². The van der Waals surface area contributed by atoms with Crippen molar-refractivity contribution < 1.29 is 39.2 Å². The Labute approximate surface area is 112 Å². The molecule has 0 aromatic rings. The van der Waals surface area contributed by atoms with Crippen LogP contribution in [-0.2, 0) is 23.9 Å². The van der Waals surface area contributed by atoms with E-state index in [4.69, 9.17) is 19.7 Å². The number of nitrogens with zero attached hydrogens (tertiary/aromatic N) is 1. The van der Waals surface area contributed by atoms with Crippen LogP contribution in [0.2, 0.25) is 0 Å². The number of hydrogen-bond acceptors (Lipinski definition) is 7. The fourth-order valence-corrected chi connectivity index (χ4v) is 2.65. The topological polar surface area (TPSA) is 145 Å². The van der Waals surface area contributed by atoms with E-state index in [-0.39, 0.29) is 13.2 Å². The predicted octanol–water partition coefficient (Wildman–Crippen LogP) is -0.847. The van der Waals surface area contributed by atoms with Gasteiger partial charge in [0, 0.05) is 5.92 Å². The third kappa shape index (κ3) is 2.80. The van der Waals surface area contributed by atoms with E-state index in [2.05, 4.69) is 4.84 Å². The Kier molecular flexibility index (Phi) is 4.04. The standard InChI is InChI=1S/C10H13NO9/c12-7(13)1-4(10(14)15)5-2-18-9-6(20-11(16)17)3-19-8(5)9/h4-6,8-9H,1-3H2,(H,12,13)(H,14,15)/t4?,5-,6-,8-,9-/m1/s1. The van der Waals surface area contributed by atoms with E-state index in [9.17, 15) is 19.7 Å². The first kappa shape index (κ1) is 14.5. The summed E-state index contributed by atoms with van der Waals surface area (Å²) >= 11 is 0. The molecule has 2 fully saturated rings. The van der Waals surface area contributed by atoms with Gasteiger partial charge in [-0.15, -0.1) is 10.1 Å². The summed E-state index contributed by atoms with van der Waals surface area (Å²) in [6.45, 7) is -0.122. The average Bonchev–Trinajstić information content (AvgIpc) is 2.88. The second-order valence-electron chi connectivity index (χ2n) is 4.67. The zero-order valence-electron chi connectivity index (χ0n) is 10.2. The Bertz CT molecular complexity index is 425. The molecule has 112 valence electrons. The summed E-state index contributed by atoms with van der Waals surface area (Å²) in [6.07, 6.45) is -2.93. The summed E-state index contributed by atoms with van der Waals surface area (Å²) in [6, 6.07) is 0. The third-order valence-electron chi connectivity index (χ3n) is 3.50. The van der Waals surface area contributed by atoms with Gasteiger partial charge in [-0.25, -0.2) is 0 Å². The van der Waals surface area contributed by atoms with Crippen molar-refractivity contribution in [2.45, 2.75) is 24.7 Å². The fourth-order valence-electron chi connectivity index (χ4n) is 2.65. The maximum atomic E-state index is 11.2. The molecule has 2 N–H and O–H groups in total. The molecule has 0 amide bonds. The minimum Gasteiger partial charge on any atom is -0.481 e. The van der Waals surface area contributed by atoms with Crippen LogP contribution < -0.4 is 0 Å². The molecule has 20 heavy (non-hydrogen) atoms. The summed E-state index contributed by atoms with van der Waals surface area (Å²) < 4.78 is 10.6. The highest BCUT2D eigenvalue weighted by atomic mass is 17.0. The van der Waals surface area contributed by atoms with Crippen LogP contribution in [-0.4, -0.2) is 58.8 Å².